The number of hydrogen-bond donors (Lipinski definition) is 1. The van der Waals surface area contributed by atoms with Crippen LogP contribution in [0.2, 0.25) is 0 Å². The van der Waals surface area contributed by atoms with Gasteiger partial charge >= 0.3 is 0 Å². The molecule has 1 amide bonds. The molecule has 1 N–H and O–H groups in total. The Labute approximate surface area is 167 Å². The second-order valence-corrected chi connectivity index (χ2v) is 6.39. The normalized spacial score (nSPS) is 11.0. The number of rotatable bonds is 9. The SMILES string of the molecule is CCN(CC)CCn1cc(NC(=O)c2ccn(-c3ccc([N+](=O)[O-])cc3)n2)cn1. The van der Waals surface area contributed by atoms with E-state index in [1.54, 1.807) is 41.5 Å². The fourth-order valence-corrected chi connectivity index (χ4v) is 2.85. The molecule has 0 aliphatic heterocycles. The van der Waals surface area contributed by atoms with E-state index < -0.39 is 4.92 Å². The molecule has 2 heterocycles. The molecule has 10 nitrogen and oxygen atoms in total. The van der Waals surface area contributed by atoms with Crippen molar-refractivity contribution in [3.8, 4) is 5.69 Å². The summed E-state index contributed by atoms with van der Waals surface area (Å²) in [4.78, 5) is 25.0. The van der Waals surface area contributed by atoms with Gasteiger partial charge in [0, 0.05) is 31.1 Å². The Morgan fingerprint density at radius 1 is 1.21 bits per heavy atom. The molecule has 3 aromatic rings. The van der Waals surface area contributed by atoms with Crippen molar-refractivity contribution < 1.29 is 9.72 Å². The van der Waals surface area contributed by atoms with E-state index >= 15 is 0 Å². The van der Waals surface area contributed by atoms with Gasteiger partial charge in [-0.2, -0.15) is 10.2 Å². The lowest BCUT2D eigenvalue weighted by Crippen LogP contribution is -2.27. The Morgan fingerprint density at radius 3 is 2.59 bits per heavy atom. The summed E-state index contributed by atoms with van der Waals surface area (Å²) in [6.45, 7) is 7.84. The summed E-state index contributed by atoms with van der Waals surface area (Å²) in [5, 5.41) is 22.0. The van der Waals surface area contributed by atoms with Crippen LogP contribution in [0.4, 0.5) is 11.4 Å². The molecule has 0 saturated heterocycles. The Balaban J connectivity index is 1.61. The van der Waals surface area contributed by atoms with E-state index in [9.17, 15) is 14.9 Å². The number of anilines is 1. The smallest absolute Gasteiger partial charge is 0.276 e. The molecular weight excluding hydrogens is 374 g/mol. The molecule has 152 valence electrons. The number of nitrogens with zero attached hydrogens (tertiary/aromatic N) is 6. The summed E-state index contributed by atoms with van der Waals surface area (Å²) in [5.74, 6) is -0.353. The second kappa shape index (κ2) is 9.11. The topological polar surface area (TPSA) is 111 Å². The maximum atomic E-state index is 12.4. The Bertz CT molecular complexity index is 974. The van der Waals surface area contributed by atoms with Crippen LogP contribution in [0.5, 0.6) is 0 Å². The van der Waals surface area contributed by atoms with Gasteiger partial charge in [0.05, 0.1) is 29.0 Å². The molecule has 0 atom stereocenters. The van der Waals surface area contributed by atoms with Gasteiger partial charge in [-0.15, -0.1) is 0 Å². The van der Waals surface area contributed by atoms with Crippen molar-refractivity contribution in [2.75, 3.05) is 25.0 Å². The van der Waals surface area contributed by atoms with Crippen LogP contribution in [-0.4, -0.2) is 54.9 Å². The van der Waals surface area contributed by atoms with E-state index in [0.717, 1.165) is 26.2 Å². The number of amides is 1. The molecule has 3 rings (SSSR count). The first-order chi connectivity index (χ1) is 14.0. The molecule has 0 unspecified atom stereocenters. The summed E-state index contributed by atoms with van der Waals surface area (Å²) >= 11 is 0. The van der Waals surface area contributed by atoms with Gasteiger partial charge in [-0.25, -0.2) is 4.68 Å². The van der Waals surface area contributed by atoms with Crippen molar-refractivity contribution in [2.24, 2.45) is 0 Å². The van der Waals surface area contributed by atoms with Crippen LogP contribution in [0.25, 0.3) is 5.69 Å². The molecule has 0 bridgehead atoms. The van der Waals surface area contributed by atoms with Gasteiger partial charge in [0.2, 0.25) is 0 Å². The van der Waals surface area contributed by atoms with E-state index in [2.05, 4.69) is 34.3 Å². The maximum absolute atomic E-state index is 12.4. The Hall–Kier alpha value is -3.53. The third kappa shape index (κ3) is 5.05. The minimum Gasteiger partial charge on any atom is -0.318 e. The van der Waals surface area contributed by atoms with E-state index in [4.69, 9.17) is 0 Å². The third-order valence-corrected chi connectivity index (χ3v) is 4.58. The summed E-state index contributed by atoms with van der Waals surface area (Å²) in [7, 11) is 0. The quantitative estimate of drug-likeness (QED) is 0.439. The van der Waals surface area contributed by atoms with Crippen molar-refractivity contribution in [3.05, 3.63) is 64.7 Å². The van der Waals surface area contributed by atoms with Gasteiger partial charge in [0.25, 0.3) is 11.6 Å². The molecule has 0 fully saturated rings. The highest BCUT2D eigenvalue weighted by Gasteiger charge is 2.13. The molecule has 0 radical (unpaired) electrons. The fraction of sp³-hybridized carbons (Fsp3) is 0.316. The number of nitrogens with one attached hydrogen (secondary N) is 1. The van der Waals surface area contributed by atoms with Gasteiger partial charge in [-0.3, -0.25) is 19.6 Å². The van der Waals surface area contributed by atoms with Gasteiger partial charge in [0.15, 0.2) is 5.69 Å². The van der Waals surface area contributed by atoms with Crippen LogP contribution in [0.1, 0.15) is 24.3 Å². The highest BCUT2D eigenvalue weighted by molar-refractivity contribution is 6.02. The molecular formula is C19H23N7O3. The molecule has 0 saturated carbocycles. The fourth-order valence-electron chi connectivity index (χ4n) is 2.85. The van der Waals surface area contributed by atoms with Gasteiger partial charge in [-0.1, -0.05) is 13.8 Å². The molecule has 29 heavy (non-hydrogen) atoms. The molecule has 0 aliphatic carbocycles. The minimum atomic E-state index is -0.464. The largest absolute Gasteiger partial charge is 0.318 e. The number of likely N-dealkylation sites (N-methyl/N-ethyl adjacent to an activating group) is 1. The summed E-state index contributed by atoms with van der Waals surface area (Å²) in [6, 6.07) is 7.52. The predicted octanol–water partition coefficient (Wildman–Crippen LogP) is 2.57. The van der Waals surface area contributed by atoms with Crippen molar-refractivity contribution in [3.63, 3.8) is 0 Å². The average molecular weight is 397 g/mol. The second-order valence-electron chi connectivity index (χ2n) is 6.39. The number of aromatic nitrogens is 4. The average Bonchev–Trinajstić information content (AvgIpc) is 3.39. The lowest BCUT2D eigenvalue weighted by atomic mass is 10.3. The molecule has 2 aromatic heterocycles. The molecule has 10 heteroatoms. The van der Waals surface area contributed by atoms with Crippen LogP contribution >= 0.6 is 0 Å². The van der Waals surface area contributed by atoms with Crippen LogP contribution in [0, 0.1) is 10.1 Å². The monoisotopic (exact) mass is 397 g/mol. The van der Waals surface area contributed by atoms with Crippen molar-refractivity contribution >= 4 is 17.3 Å². The zero-order valence-electron chi connectivity index (χ0n) is 16.4. The first-order valence-electron chi connectivity index (χ1n) is 9.36. The molecule has 0 aliphatic rings. The van der Waals surface area contributed by atoms with Crippen LogP contribution in [0.15, 0.2) is 48.9 Å². The minimum absolute atomic E-state index is 0.00289. The number of benzene rings is 1. The Kier molecular flexibility index (Phi) is 6.35. The van der Waals surface area contributed by atoms with E-state index in [0.29, 0.717) is 11.4 Å². The van der Waals surface area contributed by atoms with E-state index in [1.165, 1.54) is 16.8 Å². The Morgan fingerprint density at radius 2 is 1.93 bits per heavy atom. The highest BCUT2D eigenvalue weighted by atomic mass is 16.6. The lowest BCUT2D eigenvalue weighted by Gasteiger charge is -2.17. The summed E-state index contributed by atoms with van der Waals surface area (Å²) in [6.07, 6.45) is 5.02. The van der Waals surface area contributed by atoms with Gasteiger partial charge < -0.3 is 10.2 Å². The van der Waals surface area contributed by atoms with Crippen molar-refractivity contribution in [2.45, 2.75) is 20.4 Å². The van der Waals surface area contributed by atoms with Gasteiger partial charge in [-0.05, 0) is 31.3 Å². The highest BCUT2D eigenvalue weighted by Crippen LogP contribution is 2.15. The van der Waals surface area contributed by atoms with Crippen molar-refractivity contribution in [1.29, 1.82) is 0 Å². The van der Waals surface area contributed by atoms with E-state index in [-0.39, 0.29) is 17.3 Å². The number of nitro groups is 1. The van der Waals surface area contributed by atoms with Crippen molar-refractivity contribution in [1.82, 2.24) is 24.5 Å². The molecule has 0 spiro atoms. The predicted molar refractivity (Wildman–Crippen MR) is 108 cm³/mol. The molecule has 1 aromatic carbocycles. The van der Waals surface area contributed by atoms with Crippen LogP contribution in [-0.2, 0) is 6.54 Å². The first-order valence-corrected chi connectivity index (χ1v) is 9.36. The summed E-state index contributed by atoms with van der Waals surface area (Å²) in [5.41, 5.74) is 1.45. The number of non-ortho nitro benzene ring substituents is 1. The first kappa shape index (κ1) is 20.2. The summed E-state index contributed by atoms with van der Waals surface area (Å²) < 4.78 is 3.29. The standard InChI is InChI=1S/C19H23N7O3/c1-3-23(4-2)11-12-24-14-15(13-20-24)21-19(27)18-9-10-25(22-18)16-5-7-17(8-6-16)26(28)29/h5-10,13-14H,3-4,11-12H2,1-2H3,(H,21,27). The zero-order chi connectivity index (χ0) is 20.8. The number of hydrogen-bond acceptors (Lipinski definition) is 6. The van der Waals surface area contributed by atoms with Gasteiger partial charge in [0.1, 0.15) is 0 Å². The zero-order valence-corrected chi connectivity index (χ0v) is 16.4. The van der Waals surface area contributed by atoms with Crippen LogP contribution in [0.3, 0.4) is 0 Å². The number of carbonyl (C=O) groups is 1. The van der Waals surface area contributed by atoms with Crippen LogP contribution < -0.4 is 5.32 Å². The number of carbonyl (C=O) groups excluding carboxylic acids is 1. The number of nitro benzene ring substituents is 1. The third-order valence-electron chi connectivity index (χ3n) is 4.58. The maximum Gasteiger partial charge on any atom is 0.276 e. The lowest BCUT2D eigenvalue weighted by molar-refractivity contribution is -0.384. The van der Waals surface area contributed by atoms with E-state index in [1.807, 2.05) is 0 Å².